The maximum Gasteiger partial charge on any atom is 0.124 e. The number of hydrogen-bond donors (Lipinski definition) is 3. The Hall–Kier alpha value is -2.49. The van der Waals surface area contributed by atoms with Crippen LogP contribution in [0.5, 0.6) is 0 Å². The van der Waals surface area contributed by atoms with Gasteiger partial charge in [-0.15, -0.1) is 0 Å². The number of pyridine rings is 1. The number of aromatic amines is 1. The molecule has 2 aromatic rings. The smallest absolute Gasteiger partial charge is 0.124 e. The molecule has 0 bridgehead atoms. The first kappa shape index (κ1) is 13.0. The highest BCUT2D eigenvalue weighted by atomic mass is 14.9. The average molecular weight is 254 g/mol. The van der Waals surface area contributed by atoms with Gasteiger partial charge in [0, 0.05) is 11.4 Å². The number of allylic oxidation sites excluding steroid dienone is 4. The Balaban J connectivity index is 2.15. The molecule has 0 amide bonds. The molecule has 98 valence electrons. The van der Waals surface area contributed by atoms with Crippen molar-refractivity contribution in [2.75, 3.05) is 5.73 Å². The Morgan fingerprint density at radius 2 is 2.26 bits per heavy atom. The summed E-state index contributed by atoms with van der Waals surface area (Å²) in [5.41, 5.74) is 15.9. The molecule has 0 radical (unpaired) electrons. The first-order chi connectivity index (χ1) is 9.10. The van der Waals surface area contributed by atoms with Gasteiger partial charge in [0.05, 0.1) is 11.0 Å². The molecule has 0 atom stereocenters. The number of nitrogens with zero attached hydrogens (tertiary/aromatic N) is 1. The average Bonchev–Trinajstić information content (AvgIpc) is 2.81. The van der Waals surface area contributed by atoms with Crippen LogP contribution in [0.25, 0.3) is 16.6 Å². The predicted octanol–water partition coefficient (Wildman–Crippen LogP) is 2.97. The van der Waals surface area contributed by atoms with E-state index in [4.69, 9.17) is 11.5 Å². The van der Waals surface area contributed by atoms with E-state index in [1.54, 1.807) is 6.07 Å². The first-order valence-corrected chi connectivity index (χ1v) is 6.12. The number of nitrogen functional groups attached to an aromatic ring is 1. The molecule has 0 aliphatic heterocycles. The van der Waals surface area contributed by atoms with Crippen molar-refractivity contribution >= 4 is 22.4 Å². The molecule has 19 heavy (non-hydrogen) atoms. The summed E-state index contributed by atoms with van der Waals surface area (Å²) < 4.78 is 0. The number of aromatic nitrogens is 2. The lowest BCUT2D eigenvalue weighted by Gasteiger charge is -1.98. The van der Waals surface area contributed by atoms with Crippen molar-refractivity contribution in [2.45, 2.75) is 13.3 Å². The van der Waals surface area contributed by atoms with E-state index in [-0.39, 0.29) is 0 Å². The number of hydrogen-bond acceptors (Lipinski definition) is 3. The van der Waals surface area contributed by atoms with Gasteiger partial charge in [0.25, 0.3) is 0 Å². The molecule has 0 fully saturated rings. The number of fused-ring (bicyclic) bond motifs is 1. The molecule has 2 aromatic heterocycles. The Bertz CT molecular complexity index is 662. The molecule has 2 rings (SSSR count). The van der Waals surface area contributed by atoms with Gasteiger partial charge in [-0.25, -0.2) is 4.98 Å². The topological polar surface area (TPSA) is 80.7 Å². The van der Waals surface area contributed by atoms with Crippen molar-refractivity contribution in [1.29, 1.82) is 0 Å². The van der Waals surface area contributed by atoms with Gasteiger partial charge < -0.3 is 16.5 Å². The van der Waals surface area contributed by atoms with E-state index in [0.717, 1.165) is 34.4 Å². The Kier molecular flexibility index (Phi) is 3.71. The summed E-state index contributed by atoms with van der Waals surface area (Å²) in [5, 5.41) is 0. The second-order valence-electron chi connectivity index (χ2n) is 4.35. The first-order valence-electron chi connectivity index (χ1n) is 6.12. The molecule has 0 aliphatic carbocycles. The lowest BCUT2D eigenvalue weighted by molar-refractivity contribution is 1.30. The van der Waals surface area contributed by atoms with Crippen LogP contribution in [0.2, 0.25) is 0 Å². The third-order valence-corrected chi connectivity index (χ3v) is 2.89. The highest BCUT2D eigenvalue weighted by Crippen LogP contribution is 2.21. The summed E-state index contributed by atoms with van der Waals surface area (Å²) in [6, 6.07) is 5.65. The molecule has 4 heteroatoms. The van der Waals surface area contributed by atoms with Crippen LogP contribution >= 0.6 is 0 Å². The van der Waals surface area contributed by atoms with E-state index >= 15 is 0 Å². The Labute approximate surface area is 112 Å². The van der Waals surface area contributed by atoms with Crippen molar-refractivity contribution in [3.63, 3.8) is 0 Å². The lowest BCUT2D eigenvalue weighted by Crippen LogP contribution is -1.90. The molecule has 0 unspecified atom stereocenters. The summed E-state index contributed by atoms with van der Waals surface area (Å²) in [5.74, 6) is 0.518. The highest BCUT2D eigenvalue weighted by molar-refractivity contribution is 5.82. The molecule has 0 aromatic carbocycles. The van der Waals surface area contributed by atoms with Crippen LogP contribution in [0.15, 0.2) is 48.7 Å². The summed E-state index contributed by atoms with van der Waals surface area (Å²) in [6.45, 7) is 5.97. The minimum absolute atomic E-state index is 0.518. The van der Waals surface area contributed by atoms with Crippen LogP contribution in [0.3, 0.4) is 0 Å². The Morgan fingerprint density at radius 3 is 3.00 bits per heavy atom. The van der Waals surface area contributed by atoms with Crippen molar-refractivity contribution < 1.29 is 0 Å². The van der Waals surface area contributed by atoms with Crippen LogP contribution < -0.4 is 11.5 Å². The molecule has 0 saturated heterocycles. The molecule has 4 nitrogen and oxygen atoms in total. The van der Waals surface area contributed by atoms with E-state index in [1.165, 1.54) is 0 Å². The highest BCUT2D eigenvalue weighted by Gasteiger charge is 2.04. The Morgan fingerprint density at radius 1 is 1.47 bits per heavy atom. The maximum atomic E-state index is 5.69. The second kappa shape index (κ2) is 5.44. The number of H-pyrrole nitrogens is 1. The van der Waals surface area contributed by atoms with Gasteiger partial charge in [0.1, 0.15) is 5.82 Å². The van der Waals surface area contributed by atoms with E-state index in [9.17, 15) is 0 Å². The van der Waals surface area contributed by atoms with Crippen LogP contribution in [-0.4, -0.2) is 9.97 Å². The van der Waals surface area contributed by atoms with Crippen molar-refractivity contribution in [1.82, 2.24) is 9.97 Å². The van der Waals surface area contributed by atoms with E-state index in [1.807, 2.05) is 37.3 Å². The molecule has 2 heterocycles. The molecular formula is C15H18N4. The zero-order chi connectivity index (χ0) is 13.8. The minimum Gasteiger partial charge on any atom is -0.399 e. The van der Waals surface area contributed by atoms with Gasteiger partial charge in [0.15, 0.2) is 0 Å². The lowest BCUT2D eigenvalue weighted by atomic mass is 10.1. The monoisotopic (exact) mass is 254 g/mol. The van der Waals surface area contributed by atoms with Crippen LogP contribution in [-0.2, 0) is 0 Å². The normalized spacial score (nSPS) is 12.4. The quantitative estimate of drug-likeness (QED) is 0.734. The molecule has 0 aliphatic rings. The molecular weight excluding hydrogens is 236 g/mol. The number of anilines is 1. The summed E-state index contributed by atoms with van der Waals surface area (Å²) in [4.78, 5) is 7.54. The predicted molar refractivity (Wildman–Crippen MR) is 81.2 cm³/mol. The summed E-state index contributed by atoms with van der Waals surface area (Å²) in [7, 11) is 0. The third-order valence-electron chi connectivity index (χ3n) is 2.89. The number of nitrogens with one attached hydrogen (secondary N) is 1. The van der Waals surface area contributed by atoms with E-state index in [2.05, 4.69) is 16.5 Å². The van der Waals surface area contributed by atoms with Gasteiger partial charge in [0.2, 0.25) is 0 Å². The van der Waals surface area contributed by atoms with Crippen LogP contribution in [0, 0.1) is 0 Å². The van der Waals surface area contributed by atoms with Crippen LogP contribution in [0.1, 0.15) is 19.0 Å². The van der Waals surface area contributed by atoms with Crippen molar-refractivity contribution in [2.24, 2.45) is 5.73 Å². The van der Waals surface area contributed by atoms with Crippen molar-refractivity contribution in [3.05, 3.63) is 54.4 Å². The van der Waals surface area contributed by atoms with Crippen LogP contribution in [0.4, 0.5) is 5.82 Å². The number of rotatable bonds is 4. The second-order valence-corrected chi connectivity index (χ2v) is 4.35. The molecule has 0 spiro atoms. The van der Waals surface area contributed by atoms with Gasteiger partial charge in [-0.2, -0.15) is 0 Å². The fourth-order valence-corrected chi connectivity index (χ4v) is 1.76. The zero-order valence-corrected chi connectivity index (χ0v) is 11.0. The van der Waals surface area contributed by atoms with Gasteiger partial charge in [-0.3, -0.25) is 0 Å². The number of nitrogens with two attached hydrogens (primary N) is 2. The molecule has 5 N–H and O–H groups in total. The zero-order valence-electron chi connectivity index (χ0n) is 11.0. The fourth-order valence-electron chi connectivity index (χ4n) is 1.76. The van der Waals surface area contributed by atoms with Crippen molar-refractivity contribution in [3.8, 4) is 0 Å². The third kappa shape index (κ3) is 3.04. The minimum atomic E-state index is 0.518. The van der Waals surface area contributed by atoms with Gasteiger partial charge in [-0.1, -0.05) is 18.7 Å². The summed E-state index contributed by atoms with van der Waals surface area (Å²) >= 11 is 0. The van der Waals surface area contributed by atoms with E-state index < -0.39 is 0 Å². The maximum absolute atomic E-state index is 5.69. The summed E-state index contributed by atoms with van der Waals surface area (Å²) in [6.07, 6.45) is 6.46. The fraction of sp³-hybridized carbons (Fsp3) is 0.133. The van der Waals surface area contributed by atoms with Gasteiger partial charge in [-0.05, 0) is 43.2 Å². The van der Waals surface area contributed by atoms with Gasteiger partial charge >= 0.3 is 0 Å². The standard InChI is InChI=1S/C15H18N4/c1-3-11(16)6-4-5-10(2)13-9-14-12(18-13)7-8-15(17)19-14/h3-4,6-9,18H,2,5,16H2,1H3,(H2,17,19)/b6-4?,11-3+. The largest absolute Gasteiger partial charge is 0.399 e. The molecule has 0 saturated carbocycles. The SMILES string of the molecule is C=C(CC=C/C(N)=C\C)c1cc2nc(N)ccc2[nH]1. The van der Waals surface area contributed by atoms with E-state index in [0.29, 0.717) is 5.82 Å².